The van der Waals surface area contributed by atoms with E-state index in [4.69, 9.17) is 5.11 Å². The van der Waals surface area contributed by atoms with Gasteiger partial charge in [0, 0.05) is 12.7 Å². The van der Waals surface area contributed by atoms with Gasteiger partial charge in [-0.1, -0.05) is 30.3 Å². The molecule has 1 aliphatic heterocycles. The molecule has 0 spiro atoms. The van der Waals surface area contributed by atoms with Crippen molar-refractivity contribution in [3.05, 3.63) is 53.3 Å². The van der Waals surface area contributed by atoms with Gasteiger partial charge in [-0.15, -0.1) is 0 Å². The Morgan fingerprint density at radius 2 is 2.10 bits per heavy atom. The molecule has 5 nitrogen and oxygen atoms in total. The van der Waals surface area contributed by atoms with Crippen molar-refractivity contribution < 1.29 is 9.90 Å². The lowest BCUT2D eigenvalue weighted by molar-refractivity contribution is 0.0695. The van der Waals surface area contributed by atoms with Crippen molar-refractivity contribution in [1.82, 2.24) is 9.97 Å². The summed E-state index contributed by atoms with van der Waals surface area (Å²) in [4.78, 5) is 21.8. The maximum absolute atomic E-state index is 11.0. The standard InChI is InChI=1S/C16H17N3O2/c1-11-13(15(20)21)10-17-16(18-11)19-9-5-8-14(19)12-6-3-2-4-7-12/h2-4,6-7,10,14H,5,8-9H2,1H3,(H,20,21). The first-order valence-electron chi connectivity index (χ1n) is 7.05. The van der Waals surface area contributed by atoms with Gasteiger partial charge in [-0.05, 0) is 25.3 Å². The molecule has 2 aromatic rings. The van der Waals surface area contributed by atoms with Crippen LogP contribution in [0.15, 0.2) is 36.5 Å². The average Bonchev–Trinajstić information content (AvgIpc) is 2.97. The molecule has 1 aromatic heterocycles. The van der Waals surface area contributed by atoms with Crippen LogP contribution in [0.4, 0.5) is 5.95 Å². The van der Waals surface area contributed by atoms with Crippen LogP contribution < -0.4 is 4.90 Å². The predicted octanol–water partition coefficient (Wildman–Crippen LogP) is 2.82. The van der Waals surface area contributed by atoms with E-state index in [0.717, 1.165) is 19.4 Å². The van der Waals surface area contributed by atoms with Gasteiger partial charge in [-0.3, -0.25) is 0 Å². The lowest BCUT2D eigenvalue weighted by Crippen LogP contribution is -2.25. The highest BCUT2D eigenvalue weighted by Gasteiger charge is 2.28. The van der Waals surface area contributed by atoms with Gasteiger partial charge in [0.05, 0.1) is 17.3 Å². The molecule has 1 aliphatic rings. The topological polar surface area (TPSA) is 66.3 Å². The van der Waals surface area contributed by atoms with Crippen molar-refractivity contribution in [3.63, 3.8) is 0 Å². The van der Waals surface area contributed by atoms with Gasteiger partial charge in [0.2, 0.25) is 5.95 Å². The van der Waals surface area contributed by atoms with E-state index in [1.807, 2.05) is 18.2 Å². The molecule has 1 N–H and O–H groups in total. The number of hydrogen-bond acceptors (Lipinski definition) is 4. The highest BCUT2D eigenvalue weighted by atomic mass is 16.4. The van der Waals surface area contributed by atoms with Crippen LogP contribution in [0.3, 0.4) is 0 Å². The Bertz CT molecular complexity index is 658. The molecule has 5 heteroatoms. The molecule has 2 heterocycles. The van der Waals surface area contributed by atoms with Crippen LogP contribution in [0.2, 0.25) is 0 Å². The van der Waals surface area contributed by atoms with Gasteiger partial charge >= 0.3 is 5.97 Å². The highest BCUT2D eigenvalue weighted by Crippen LogP contribution is 2.34. The van der Waals surface area contributed by atoms with E-state index in [1.54, 1.807) is 6.92 Å². The summed E-state index contributed by atoms with van der Waals surface area (Å²) in [7, 11) is 0. The van der Waals surface area contributed by atoms with Crippen LogP contribution in [0.25, 0.3) is 0 Å². The van der Waals surface area contributed by atoms with Crippen LogP contribution >= 0.6 is 0 Å². The largest absolute Gasteiger partial charge is 0.478 e. The SMILES string of the molecule is Cc1nc(N2CCCC2c2ccccc2)ncc1C(=O)O. The third-order valence-corrected chi connectivity index (χ3v) is 3.89. The summed E-state index contributed by atoms with van der Waals surface area (Å²) < 4.78 is 0. The summed E-state index contributed by atoms with van der Waals surface area (Å²) in [6.45, 7) is 2.60. The zero-order valence-corrected chi connectivity index (χ0v) is 11.9. The Labute approximate surface area is 123 Å². The Hall–Kier alpha value is -2.43. The van der Waals surface area contributed by atoms with Gasteiger partial charge in [0.25, 0.3) is 0 Å². The van der Waals surface area contributed by atoms with Gasteiger partial charge in [0.1, 0.15) is 0 Å². The Morgan fingerprint density at radius 3 is 2.76 bits per heavy atom. The zero-order valence-electron chi connectivity index (χ0n) is 11.9. The summed E-state index contributed by atoms with van der Waals surface area (Å²) in [5.41, 5.74) is 1.92. The molecule has 0 saturated carbocycles. The van der Waals surface area contributed by atoms with Crippen molar-refractivity contribution in [2.45, 2.75) is 25.8 Å². The number of carboxylic acid groups (broad SMARTS) is 1. The fourth-order valence-corrected chi connectivity index (χ4v) is 2.83. The van der Waals surface area contributed by atoms with Gasteiger partial charge in [-0.2, -0.15) is 0 Å². The third kappa shape index (κ3) is 2.59. The zero-order chi connectivity index (χ0) is 14.8. The number of rotatable bonds is 3. The Morgan fingerprint density at radius 1 is 1.33 bits per heavy atom. The smallest absolute Gasteiger partial charge is 0.339 e. The minimum Gasteiger partial charge on any atom is -0.478 e. The summed E-state index contributed by atoms with van der Waals surface area (Å²) >= 11 is 0. The first-order valence-corrected chi connectivity index (χ1v) is 7.05. The monoisotopic (exact) mass is 283 g/mol. The molecule has 0 radical (unpaired) electrons. The second-order valence-corrected chi connectivity index (χ2v) is 5.24. The lowest BCUT2D eigenvalue weighted by Gasteiger charge is -2.25. The first kappa shape index (κ1) is 13.5. The molecule has 1 atom stereocenters. The van der Waals surface area contributed by atoms with Crippen molar-refractivity contribution >= 4 is 11.9 Å². The molecular weight excluding hydrogens is 266 g/mol. The van der Waals surface area contributed by atoms with E-state index < -0.39 is 5.97 Å². The molecule has 1 unspecified atom stereocenters. The van der Waals surface area contributed by atoms with Crippen LogP contribution in [-0.4, -0.2) is 27.6 Å². The lowest BCUT2D eigenvalue weighted by atomic mass is 10.1. The van der Waals surface area contributed by atoms with Crippen LogP contribution in [0, 0.1) is 6.92 Å². The highest BCUT2D eigenvalue weighted by molar-refractivity contribution is 5.88. The molecule has 1 saturated heterocycles. The Balaban J connectivity index is 1.92. The molecule has 0 amide bonds. The number of anilines is 1. The minimum atomic E-state index is -0.986. The van der Waals surface area contributed by atoms with E-state index in [9.17, 15) is 4.79 Å². The fraction of sp³-hybridized carbons (Fsp3) is 0.312. The van der Waals surface area contributed by atoms with Crippen molar-refractivity contribution in [2.75, 3.05) is 11.4 Å². The molecule has 21 heavy (non-hydrogen) atoms. The number of benzene rings is 1. The van der Waals surface area contributed by atoms with E-state index in [2.05, 4.69) is 27.0 Å². The third-order valence-electron chi connectivity index (χ3n) is 3.89. The number of hydrogen-bond donors (Lipinski definition) is 1. The van der Waals surface area contributed by atoms with Crippen molar-refractivity contribution in [2.24, 2.45) is 0 Å². The number of carboxylic acids is 1. The van der Waals surface area contributed by atoms with E-state index in [-0.39, 0.29) is 11.6 Å². The summed E-state index contributed by atoms with van der Waals surface area (Å²) in [6.07, 6.45) is 3.55. The van der Waals surface area contributed by atoms with Crippen LogP contribution in [0.1, 0.15) is 40.5 Å². The number of aromatic nitrogens is 2. The molecule has 0 aliphatic carbocycles. The van der Waals surface area contributed by atoms with Crippen molar-refractivity contribution in [1.29, 1.82) is 0 Å². The number of carbonyl (C=O) groups is 1. The summed E-state index contributed by atoms with van der Waals surface area (Å²) in [5.74, 6) is -0.371. The fourth-order valence-electron chi connectivity index (χ4n) is 2.83. The predicted molar refractivity (Wildman–Crippen MR) is 79.5 cm³/mol. The second kappa shape index (κ2) is 5.52. The average molecular weight is 283 g/mol. The number of nitrogens with zero attached hydrogens (tertiary/aromatic N) is 3. The van der Waals surface area contributed by atoms with Gasteiger partial charge < -0.3 is 10.0 Å². The maximum Gasteiger partial charge on any atom is 0.339 e. The quantitative estimate of drug-likeness (QED) is 0.938. The minimum absolute atomic E-state index is 0.161. The number of aromatic carboxylic acids is 1. The molecular formula is C16H17N3O2. The molecule has 3 rings (SSSR count). The summed E-state index contributed by atoms with van der Waals surface area (Å²) in [6, 6.07) is 10.6. The van der Waals surface area contributed by atoms with E-state index in [0.29, 0.717) is 11.6 Å². The van der Waals surface area contributed by atoms with Crippen LogP contribution in [0.5, 0.6) is 0 Å². The van der Waals surface area contributed by atoms with Crippen molar-refractivity contribution in [3.8, 4) is 0 Å². The van der Waals surface area contributed by atoms with Gasteiger partial charge in [-0.25, -0.2) is 14.8 Å². The number of aryl methyl sites for hydroxylation is 1. The maximum atomic E-state index is 11.0. The molecule has 0 bridgehead atoms. The first-order chi connectivity index (χ1) is 10.2. The van der Waals surface area contributed by atoms with Gasteiger partial charge in [0.15, 0.2) is 0 Å². The van der Waals surface area contributed by atoms with Crippen LogP contribution in [-0.2, 0) is 0 Å². The van der Waals surface area contributed by atoms with E-state index in [1.165, 1.54) is 11.8 Å². The Kier molecular flexibility index (Phi) is 3.56. The summed E-state index contributed by atoms with van der Waals surface area (Å²) in [5, 5.41) is 9.06. The molecule has 108 valence electrons. The normalized spacial score (nSPS) is 18.0. The molecule has 1 fully saturated rings. The second-order valence-electron chi connectivity index (χ2n) is 5.24. The van der Waals surface area contributed by atoms with E-state index >= 15 is 0 Å². The molecule has 1 aromatic carbocycles.